The Balaban J connectivity index is 1.85. The lowest BCUT2D eigenvalue weighted by molar-refractivity contribution is 0.157. The third kappa shape index (κ3) is 2.18. The molecular weight excluding hydrogens is 224 g/mol. The van der Waals surface area contributed by atoms with Crippen molar-refractivity contribution in [2.45, 2.75) is 38.8 Å². The third-order valence-electron chi connectivity index (χ3n) is 3.58. The zero-order valence-electron chi connectivity index (χ0n) is 10.6. The molecule has 94 valence electrons. The van der Waals surface area contributed by atoms with Crippen molar-refractivity contribution in [3.8, 4) is 0 Å². The van der Waals surface area contributed by atoms with Gasteiger partial charge in [-0.1, -0.05) is 6.07 Å². The van der Waals surface area contributed by atoms with Gasteiger partial charge in [-0.3, -0.25) is 4.98 Å². The largest absolute Gasteiger partial charge is 0.388 e. The van der Waals surface area contributed by atoms with Crippen molar-refractivity contribution in [2.24, 2.45) is 0 Å². The van der Waals surface area contributed by atoms with Gasteiger partial charge in [0.15, 0.2) is 0 Å². The highest BCUT2D eigenvalue weighted by molar-refractivity contribution is 5.30. The molecule has 0 radical (unpaired) electrons. The van der Waals surface area contributed by atoms with Crippen molar-refractivity contribution in [3.63, 3.8) is 0 Å². The summed E-state index contributed by atoms with van der Waals surface area (Å²) in [5.74, 6) is 0. The van der Waals surface area contributed by atoms with Crippen LogP contribution in [-0.4, -0.2) is 14.7 Å². The first-order valence-electron chi connectivity index (χ1n) is 6.49. The van der Waals surface area contributed by atoms with Gasteiger partial charge in [0.1, 0.15) is 0 Å². The van der Waals surface area contributed by atoms with Gasteiger partial charge in [0, 0.05) is 36.9 Å². The Bertz CT molecular complexity index is 559. The molecule has 1 aliphatic rings. The van der Waals surface area contributed by atoms with E-state index in [0.717, 1.165) is 31.4 Å². The lowest BCUT2D eigenvalue weighted by Crippen LogP contribution is -2.05. The zero-order valence-corrected chi connectivity index (χ0v) is 10.6. The SMILES string of the molecule is Cc1cncc(Cn2cc3c(c2)C(O)CCC3)c1. The first-order chi connectivity index (χ1) is 8.72. The molecule has 2 aromatic rings. The summed E-state index contributed by atoms with van der Waals surface area (Å²) in [5, 5.41) is 9.96. The van der Waals surface area contributed by atoms with E-state index in [1.54, 1.807) is 0 Å². The van der Waals surface area contributed by atoms with Crippen LogP contribution in [0.5, 0.6) is 0 Å². The molecule has 0 saturated heterocycles. The average molecular weight is 242 g/mol. The van der Waals surface area contributed by atoms with E-state index >= 15 is 0 Å². The number of hydrogen-bond acceptors (Lipinski definition) is 2. The van der Waals surface area contributed by atoms with Gasteiger partial charge in [0.05, 0.1) is 6.10 Å². The number of hydrogen-bond donors (Lipinski definition) is 1. The molecule has 0 aromatic carbocycles. The summed E-state index contributed by atoms with van der Waals surface area (Å²) < 4.78 is 2.16. The van der Waals surface area contributed by atoms with E-state index in [4.69, 9.17) is 0 Å². The fourth-order valence-electron chi connectivity index (χ4n) is 2.73. The van der Waals surface area contributed by atoms with Gasteiger partial charge in [0.25, 0.3) is 0 Å². The summed E-state index contributed by atoms with van der Waals surface area (Å²) in [4.78, 5) is 4.21. The predicted molar refractivity (Wildman–Crippen MR) is 70.4 cm³/mol. The first kappa shape index (κ1) is 11.5. The van der Waals surface area contributed by atoms with Crippen LogP contribution in [0.3, 0.4) is 0 Å². The van der Waals surface area contributed by atoms with Crippen LogP contribution < -0.4 is 0 Å². The molecule has 0 aliphatic heterocycles. The molecule has 1 atom stereocenters. The van der Waals surface area contributed by atoms with Crippen LogP contribution in [0.15, 0.2) is 30.9 Å². The summed E-state index contributed by atoms with van der Waals surface area (Å²) in [6.07, 6.45) is 10.8. The Morgan fingerprint density at radius 3 is 3.06 bits per heavy atom. The van der Waals surface area contributed by atoms with Gasteiger partial charge in [-0.2, -0.15) is 0 Å². The molecule has 18 heavy (non-hydrogen) atoms. The molecule has 1 N–H and O–H groups in total. The highest BCUT2D eigenvalue weighted by atomic mass is 16.3. The molecule has 3 nitrogen and oxygen atoms in total. The minimum absolute atomic E-state index is 0.273. The number of pyridine rings is 1. The van der Waals surface area contributed by atoms with Crippen LogP contribution in [0.25, 0.3) is 0 Å². The predicted octanol–water partition coefficient (Wildman–Crippen LogP) is 2.61. The maximum atomic E-state index is 9.96. The zero-order chi connectivity index (χ0) is 12.5. The number of aromatic nitrogens is 2. The van der Waals surface area contributed by atoms with E-state index in [2.05, 4.69) is 34.9 Å². The second kappa shape index (κ2) is 4.58. The number of rotatable bonds is 2. The van der Waals surface area contributed by atoms with Gasteiger partial charge in [-0.15, -0.1) is 0 Å². The molecule has 0 spiro atoms. The number of aryl methyl sites for hydroxylation is 2. The van der Waals surface area contributed by atoms with Crippen LogP contribution in [-0.2, 0) is 13.0 Å². The van der Waals surface area contributed by atoms with E-state index < -0.39 is 0 Å². The van der Waals surface area contributed by atoms with Crippen molar-refractivity contribution in [1.29, 1.82) is 0 Å². The molecule has 0 saturated carbocycles. The fourth-order valence-corrected chi connectivity index (χ4v) is 2.73. The summed E-state index contributed by atoms with van der Waals surface area (Å²) in [5.41, 5.74) is 4.80. The van der Waals surface area contributed by atoms with Gasteiger partial charge in [-0.05, 0) is 42.9 Å². The van der Waals surface area contributed by atoms with Crippen LogP contribution >= 0.6 is 0 Å². The number of aliphatic hydroxyl groups is 1. The molecule has 2 aromatic heterocycles. The van der Waals surface area contributed by atoms with Gasteiger partial charge >= 0.3 is 0 Å². The molecule has 1 unspecified atom stereocenters. The fraction of sp³-hybridized carbons (Fsp3) is 0.400. The van der Waals surface area contributed by atoms with Crippen molar-refractivity contribution in [2.75, 3.05) is 0 Å². The quantitative estimate of drug-likeness (QED) is 0.879. The summed E-state index contributed by atoms with van der Waals surface area (Å²) in [7, 11) is 0. The molecule has 0 bridgehead atoms. The van der Waals surface area contributed by atoms with E-state index in [9.17, 15) is 5.11 Å². The smallest absolute Gasteiger partial charge is 0.0807 e. The van der Waals surface area contributed by atoms with Gasteiger partial charge in [-0.25, -0.2) is 0 Å². The molecular formula is C15H18N2O. The second-order valence-corrected chi connectivity index (χ2v) is 5.19. The van der Waals surface area contributed by atoms with Crippen molar-refractivity contribution >= 4 is 0 Å². The Morgan fingerprint density at radius 2 is 2.28 bits per heavy atom. The minimum Gasteiger partial charge on any atom is -0.388 e. The highest BCUT2D eigenvalue weighted by Gasteiger charge is 2.19. The van der Waals surface area contributed by atoms with Crippen LogP contribution in [0.4, 0.5) is 0 Å². The minimum atomic E-state index is -0.273. The lowest BCUT2D eigenvalue weighted by Gasteiger charge is -2.16. The Morgan fingerprint density at radius 1 is 1.39 bits per heavy atom. The standard InChI is InChI=1S/C15H18N2O/c1-11-5-12(7-16-6-11)8-17-9-13-3-2-4-15(18)14(13)10-17/h5-7,9-10,15,18H,2-4,8H2,1H3. The van der Waals surface area contributed by atoms with E-state index in [1.807, 2.05) is 12.4 Å². The Kier molecular flexibility index (Phi) is 2.92. The molecule has 0 amide bonds. The summed E-state index contributed by atoms with van der Waals surface area (Å²) in [6.45, 7) is 2.88. The maximum absolute atomic E-state index is 9.96. The average Bonchev–Trinajstić information content (AvgIpc) is 2.73. The molecule has 0 fully saturated rings. The monoisotopic (exact) mass is 242 g/mol. The first-order valence-corrected chi connectivity index (χ1v) is 6.49. The van der Waals surface area contributed by atoms with Crippen molar-refractivity contribution in [3.05, 3.63) is 53.1 Å². The van der Waals surface area contributed by atoms with Gasteiger partial charge < -0.3 is 9.67 Å². The van der Waals surface area contributed by atoms with Crippen molar-refractivity contribution in [1.82, 2.24) is 9.55 Å². The summed E-state index contributed by atoms with van der Waals surface area (Å²) in [6, 6.07) is 2.16. The van der Waals surface area contributed by atoms with Crippen LogP contribution in [0.1, 0.15) is 41.2 Å². The Hall–Kier alpha value is -1.61. The van der Waals surface area contributed by atoms with E-state index in [1.165, 1.54) is 16.7 Å². The number of fused-ring (bicyclic) bond motifs is 1. The van der Waals surface area contributed by atoms with Crippen LogP contribution in [0, 0.1) is 6.92 Å². The Labute approximate surface area is 107 Å². The third-order valence-corrected chi connectivity index (χ3v) is 3.58. The topological polar surface area (TPSA) is 38.0 Å². The highest BCUT2D eigenvalue weighted by Crippen LogP contribution is 2.30. The second-order valence-electron chi connectivity index (χ2n) is 5.19. The molecule has 3 rings (SSSR count). The molecule has 1 aliphatic carbocycles. The van der Waals surface area contributed by atoms with Crippen molar-refractivity contribution < 1.29 is 5.11 Å². The van der Waals surface area contributed by atoms with Crippen LogP contribution in [0.2, 0.25) is 0 Å². The lowest BCUT2D eigenvalue weighted by atomic mass is 9.93. The van der Waals surface area contributed by atoms with E-state index in [-0.39, 0.29) is 6.10 Å². The van der Waals surface area contributed by atoms with Gasteiger partial charge in [0.2, 0.25) is 0 Å². The normalized spacial score (nSPS) is 18.7. The molecule has 2 heterocycles. The maximum Gasteiger partial charge on any atom is 0.0807 e. The molecule has 3 heteroatoms. The number of nitrogens with zero attached hydrogens (tertiary/aromatic N) is 2. The number of aliphatic hydroxyl groups excluding tert-OH is 1. The van der Waals surface area contributed by atoms with E-state index in [0.29, 0.717) is 0 Å². The summed E-state index contributed by atoms with van der Waals surface area (Å²) >= 11 is 0.